The molecule has 0 unspecified atom stereocenters. The first-order chi connectivity index (χ1) is 12.1. The van der Waals surface area contributed by atoms with Crippen LogP contribution in [0.1, 0.15) is 40.1 Å². The summed E-state index contributed by atoms with van der Waals surface area (Å²) >= 11 is 0. The Balaban J connectivity index is 1.69. The quantitative estimate of drug-likeness (QED) is 0.879. The van der Waals surface area contributed by atoms with Crippen molar-refractivity contribution in [1.29, 1.82) is 0 Å². The molecule has 2 amide bonds. The van der Waals surface area contributed by atoms with Gasteiger partial charge in [0.25, 0.3) is 11.8 Å². The summed E-state index contributed by atoms with van der Waals surface area (Å²) in [5.74, 6) is -0.133. The largest absolute Gasteiger partial charge is 0.384 e. The molecule has 0 aromatic heterocycles. The summed E-state index contributed by atoms with van der Waals surface area (Å²) in [4.78, 5) is 26.5. The zero-order valence-electron chi connectivity index (χ0n) is 14.6. The number of hydrogen-bond donors (Lipinski definition) is 2. The Kier molecular flexibility index (Phi) is 5.03. The lowest BCUT2D eigenvalue weighted by molar-refractivity contribution is 0.0773. The third kappa shape index (κ3) is 3.65. The summed E-state index contributed by atoms with van der Waals surface area (Å²) in [6.45, 7) is 6.20. The fraction of sp³-hybridized carbons (Fsp3) is 0.300. The lowest BCUT2D eigenvalue weighted by atomic mass is 10.1. The van der Waals surface area contributed by atoms with Gasteiger partial charge in [0.15, 0.2) is 0 Å². The van der Waals surface area contributed by atoms with Crippen LogP contribution in [0.25, 0.3) is 0 Å². The van der Waals surface area contributed by atoms with E-state index < -0.39 is 0 Å². The Labute approximate surface area is 148 Å². The molecule has 3 rings (SSSR count). The first-order valence-corrected chi connectivity index (χ1v) is 8.70. The van der Waals surface area contributed by atoms with Crippen molar-refractivity contribution in [2.24, 2.45) is 0 Å². The predicted molar refractivity (Wildman–Crippen MR) is 100 cm³/mol. The van der Waals surface area contributed by atoms with Crippen molar-refractivity contribution in [2.75, 3.05) is 30.3 Å². The normalized spacial score (nSPS) is 12.2. The van der Waals surface area contributed by atoms with Crippen molar-refractivity contribution in [2.45, 2.75) is 20.3 Å². The summed E-state index contributed by atoms with van der Waals surface area (Å²) in [5, 5.41) is 6.17. The average molecular weight is 337 g/mol. The third-order valence-electron chi connectivity index (χ3n) is 4.52. The number of hydrogen-bond acceptors (Lipinski definition) is 3. The van der Waals surface area contributed by atoms with Crippen molar-refractivity contribution >= 4 is 23.2 Å². The van der Waals surface area contributed by atoms with Gasteiger partial charge in [-0.25, -0.2) is 0 Å². The van der Waals surface area contributed by atoms with E-state index in [2.05, 4.69) is 10.6 Å². The zero-order valence-corrected chi connectivity index (χ0v) is 14.6. The molecule has 1 aliphatic heterocycles. The number of benzene rings is 2. The highest BCUT2D eigenvalue weighted by Crippen LogP contribution is 2.23. The van der Waals surface area contributed by atoms with Gasteiger partial charge in [0.05, 0.1) is 0 Å². The van der Waals surface area contributed by atoms with E-state index in [1.807, 2.05) is 32.0 Å². The molecule has 5 heteroatoms. The first-order valence-electron chi connectivity index (χ1n) is 8.70. The number of carbonyl (C=O) groups is 2. The maximum atomic E-state index is 12.4. The van der Waals surface area contributed by atoms with E-state index in [1.54, 1.807) is 29.2 Å². The predicted octanol–water partition coefficient (Wildman–Crippen LogP) is 3.39. The number of fused-ring (bicyclic) bond motifs is 1. The van der Waals surface area contributed by atoms with E-state index in [-0.39, 0.29) is 11.8 Å². The van der Waals surface area contributed by atoms with E-state index >= 15 is 0 Å². The molecular weight excluding hydrogens is 314 g/mol. The van der Waals surface area contributed by atoms with Gasteiger partial charge in [0, 0.05) is 42.1 Å². The molecule has 2 N–H and O–H groups in total. The molecule has 0 saturated carbocycles. The lowest BCUT2D eigenvalue weighted by Gasteiger charge is -2.18. The van der Waals surface area contributed by atoms with Crippen molar-refractivity contribution in [3.8, 4) is 0 Å². The standard InChI is InChI=1S/C20H23N3O2/c1-3-23(4-2)20(25)14-5-8-17(9-6-14)22-19(24)16-7-10-18-15(13-16)11-12-21-18/h5-10,13,21H,3-4,11-12H2,1-2H3,(H,22,24). The van der Waals surface area contributed by atoms with Crippen molar-refractivity contribution < 1.29 is 9.59 Å². The molecule has 2 aromatic rings. The van der Waals surface area contributed by atoms with Crippen LogP contribution in [0.5, 0.6) is 0 Å². The maximum absolute atomic E-state index is 12.4. The van der Waals surface area contributed by atoms with Crippen LogP contribution < -0.4 is 10.6 Å². The summed E-state index contributed by atoms with van der Waals surface area (Å²) in [7, 11) is 0. The second-order valence-electron chi connectivity index (χ2n) is 6.06. The van der Waals surface area contributed by atoms with Gasteiger partial charge in [-0.05, 0) is 68.3 Å². The van der Waals surface area contributed by atoms with Gasteiger partial charge in [0.1, 0.15) is 0 Å². The molecule has 0 atom stereocenters. The zero-order chi connectivity index (χ0) is 17.8. The lowest BCUT2D eigenvalue weighted by Crippen LogP contribution is -2.30. The number of nitrogens with one attached hydrogen (secondary N) is 2. The van der Waals surface area contributed by atoms with Gasteiger partial charge in [-0.3, -0.25) is 9.59 Å². The Morgan fingerprint density at radius 2 is 1.72 bits per heavy atom. The second kappa shape index (κ2) is 7.38. The van der Waals surface area contributed by atoms with Crippen LogP contribution in [0.2, 0.25) is 0 Å². The first kappa shape index (κ1) is 17.0. The third-order valence-corrected chi connectivity index (χ3v) is 4.52. The average Bonchev–Trinajstić information content (AvgIpc) is 3.11. The molecule has 1 aliphatic rings. The minimum absolute atomic E-state index is 0.00833. The molecule has 0 saturated heterocycles. The summed E-state index contributed by atoms with van der Waals surface area (Å²) in [6.07, 6.45) is 0.943. The van der Waals surface area contributed by atoms with Crippen LogP contribution in [0.15, 0.2) is 42.5 Å². The van der Waals surface area contributed by atoms with Crippen LogP contribution in [-0.4, -0.2) is 36.3 Å². The number of nitrogens with zero attached hydrogens (tertiary/aromatic N) is 1. The van der Waals surface area contributed by atoms with Gasteiger partial charge >= 0.3 is 0 Å². The number of amides is 2. The van der Waals surface area contributed by atoms with Crippen LogP contribution in [0.3, 0.4) is 0 Å². The van der Waals surface area contributed by atoms with E-state index in [0.717, 1.165) is 18.7 Å². The van der Waals surface area contributed by atoms with Crippen LogP contribution in [0.4, 0.5) is 11.4 Å². The molecule has 1 heterocycles. The van der Waals surface area contributed by atoms with Gasteiger partial charge in [-0.2, -0.15) is 0 Å². The Morgan fingerprint density at radius 1 is 1.04 bits per heavy atom. The fourth-order valence-corrected chi connectivity index (χ4v) is 3.04. The summed E-state index contributed by atoms with van der Waals surface area (Å²) in [5.41, 5.74) is 4.24. The smallest absolute Gasteiger partial charge is 0.255 e. The Hall–Kier alpha value is -2.82. The van der Waals surface area contributed by atoms with Crippen LogP contribution in [0, 0.1) is 0 Å². The molecule has 25 heavy (non-hydrogen) atoms. The van der Waals surface area contributed by atoms with Crippen LogP contribution >= 0.6 is 0 Å². The maximum Gasteiger partial charge on any atom is 0.255 e. The molecule has 2 aromatic carbocycles. The molecule has 0 radical (unpaired) electrons. The highest BCUT2D eigenvalue weighted by Gasteiger charge is 2.15. The molecule has 0 bridgehead atoms. The molecule has 5 nitrogen and oxygen atoms in total. The van der Waals surface area contributed by atoms with Gasteiger partial charge in [-0.1, -0.05) is 0 Å². The van der Waals surface area contributed by atoms with E-state index in [1.165, 1.54) is 5.56 Å². The van der Waals surface area contributed by atoms with E-state index in [0.29, 0.717) is 29.9 Å². The minimum atomic E-state index is -0.141. The number of carbonyl (C=O) groups excluding carboxylic acids is 2. The minimum Gasteiger partial charge on any atom is -0.384 e. The highest BCUT2D eigenvalue weighted by molar-refractivity contribution is 6.05. The van der Waals surface area contributed by atoms with E-state index in [9.17, 15) is 9.59 Å². The van der Waals surface area contributed by atoms with Crippen molar-refractivity contribution in [3.63, 3.8) is 0 Å². The number of rotatable bonds is 5. The molecule has 0 spiro atoms. The fourth-order valence-electron chi connectivity index (χ4n) is 3.04. The topological polar surface area (TPSA) is 61.4 Å². The monoisotopic (exact) mass is 337 g/mol. The molecule has 0 fully saturated rings. The van der Waals surface area contributed by atoms with Crippen LogP contribution in [-0.2, 0) is 6.42 Å². The van der Waals surface area contributed by atoms with Crippen molar-refractivity contribution in [3.05, 3.63) is 59.2 Å². The Bertz CT molecular complexity index is 780. The van der Waals surface area contributed by atoms with Crippen molar-refractivity contribution in [1.82, 2.24) is 4.90 Å². The number of anilines is 2. The van der Waals surface area contributed by atoms with E-state index in [4.69, 9.17) is 0 Å². The summed E-state index contributed by atoms with van der Waals surface area (Å²) in [6, 6.07) is 12.7. The van der Waals surface area contributed by atoms with Gasteiger partial charge in [-0.15, -0.1) is 0 Å². The van der Waals surface area contributed by atoms with Gasteiger partial charge < -0.3 is 15.5 Å². The molecule has 130 valence electrons. The molecular formula is C20H23N3O2. The second-order valence-corrected chi connectivity index (χ2v) is 6.06. The van der Waals surface area contributed by atoms with Gasteiger partial charge in [0.2, 0.25) is 0 Å². The highest BCUT2D eigenvalue weighted by atomic mass is 16.2. The SMILES string of the molecule is CCN(CC)C(=O)c1ccc(NC(=O)c2ccc3c(c2)CCN3)cc1. The summed E-state index contributed by atoms with van der Waals surface area (Å²) < 4.78 is 0. The Morgan fingerprint density at radius 3 is 2.40 bits per heavy atom. The molecule has 0 aliphatic carbocycles.